The molecule has 0 spiro atoms. The maximum Gasteiger partial charge on any atom is 0.270 e. The number of amides is 2. The quantitative estimate of drug-likeness (QED) is 0.856. The molecule has 6 heteroatoms. The van der Waals surface area contributed by atoms with Crippen LogP contribution in [0, 0.1) is 6.92 Å². The molecule has 0 aliphatic heterocycles. The van der Waals surface area contributed by atoms with Crippen molar-refractivity contribution < 1.29 is 9.59 Å². The van der Waals surface area contributed by atoms with E-state index in [4.69, 9.17) is 0 Å². The van der Waals surface area contributed by atoms with Crippen LogP contribution < -0.4 is 5.32 Å². The number of hydrogen-bond donors (Lipinski definition) is 1. The lowest BCUT2D eigenvalue weighted by Gasteiger charge is -2.26. The summed E-state index contributed by atoms with van der Waals surface area (Å²) in [5.41, 5.74) is 2.18. The molecule has 2 rings (SSSR count). The molecule has 5 nitrogen and oxygen atoms in total. The molecule has 0 saturated carbocycles. The molecule has 0 fully saturated rings. The highest BCUT2D eigenvalue weighted by Gasteiger charge is 2.21. The number of aromatic nitrogens is 1. The van der Waals surface area contributed by atoms with Gasteiger partial charge < -0.3 is 10.2 Å². The molecule has 1 aromatic heterocycles. The number of benzene rings is 1. The van der Waals surface area contributed by atoms with Crippen LogP contribution >= 0.6 is 11.3 Å². The van der Waals surface area contributed by atoms with Crippen molar-refractivity contribution in [2.45, 2.75) is 53.2 Å². The minimum Gasteiger partial charge on any atom is -0.349 e. The van der Waals surface area contributed by atoms with Gasteiger partial charge in [0.05, 0.1) is 6.54 Å². The second-order valence-electron chi connectivity index (χ2n) is 6.65. The number of hydrogen-bond acceptors (Lipinski definition) is 4. The fourth-order valence-corrected chi connectivity index (χ4v) is 3.09. The lowest BCUT2D eigenvalue weighted by molar-refractivity contribution is 0.0690. The first-order valence-electron chi connectivity index (χ1n) is 8.40. The summed E-state index contributed by atoms with van der Waals surface area (Å²) >= 11 is 1.40. The molecule has 0 unspecified atom stereocenters. The van der Waals surface area contributed by atoms with E-state index in [2.05, 4.69) is 10.3 Å². The Balaban J connectivity index is 2.14. The molecule has 0 aliphatic rings. The van der Waals surface area contributed by atoms with Gasteiger partial charge in [0.2, 0.25) is 0 Å². The third-order valence-electron chi connectivity index (χ3n) is 3.69. The van der Waals surface area contributed by atoms with E-state index in [-0.39, 0.29) is 23.9 Å². The van der Waals surface area contributed by atoms with Gasteiger partial charge in [-0.25, -0.2) is 4.98 Å². The monoisotopic (exact) mass is 359 g/mol. The van der Waals surface area contributed by atoms with Crippen molar-refractivity contribution in [1.29, 1.82) is 0 Å². The van der Waals surface area contributed by atoms with Gasteiger partial charge in [0.15, 0.2) is 0 Å². The molecule has 25 heavy (non-hydrogen) atoms. The van der Waals surface area contributed by atoms with Gasteiger partial charge in [0, 0.05) is 23.0 Å². The van der Waals surface area contributed by atoms with Crippen LogP contribution in [0.1, 0.15) is 59.1 Å². The zero-order chi connectivity index (χ0) is 18.6. The van der Waals surface area contributed by atoms with Gasteiger partial charge in [-0.05, 0) is 46.8 Å². The Morgan fingerprint density at radius 2 is 1.80 bits per heavy atom. The van der Waals surface area contributed by atoms with Crippen molar-refractivity contribution >= 4 is 23.2 Å². The van der Waals surface area contributed by atoms with Crippen LogP contribution in [0.3, 0.4) is 0 Å². The molecule has 0 bridgehead atoms. The smallest absolute Gasteiger partial charge is 0.270 e. The molecular weight excluding hydrogens is 334 g/mol. The highest BCUT2D eigenvalue weighted by molar-refractivity contribution is 7.09. The summed E-state index contributed by atoms with van der Waals surface area (Å²) in [5, 5.41) is 5.32. The Morgan fingerprint density at radius 3 is 2.36 bits per heavy atom. The molecule has 2 amide bonds. The van der Waals surface area contributed by atoms with E-state index in [0.29, 0.717) is 17.8 Å². The highest BCUT2D eigenvalue weighted by Crippen LogP contribution is 2.17. The van der Waals surface area contributed by atoms with E-state index in [0.717, 1.165) is 10.6 Å². The minimum atomic E-state index is -0.182. The van der Waals surface area contributed by atoms with E-state index in [1.165, 1.54) is 11.3 Å². The largest absolute Gasteiger partial charge is 0.349 e. The van der Waals surface area contributed by atoms with E-state index < -0.39 is 0 Å². The molecule has 0 aliphatic carbocycles. The molecular formula is C19H25N3O2S. The number of carbonyl (C=O) groups excluding carboxylic acids is 2. The number of nitrogens with zero attached hydrogens (tertiary/aromatic N) is 2. The SMILES string of the molecule is Cc1ccc(C(=O)N(Cc2nc(C(=O)NC(C)C)cs2)C(C)C)cc1. The average molecular weight is 359 g/mol. The number of nitrogens with one attached hydrogen (secondary N) is 1. The first kappa shape index (κ1) is 19.1. The maximum atomic E-state index is 12.8. The lowest BCUT2D eigenvalue weighted by Crippen LogP contribution is -2.36. The lowest BCUT2D eigenvalue weighted by atomic mass is 10.1. The van der Waals surface area contributed by atoms with Crippen molar-refractivity contribution in [2.24, 2.45) is 0 Å². The number of rotatable bonds is 6. The van der Waals surface area contributed by atoms with Gasteiger partial charge in [-0.1, -0.05) is 17.7 Å². The van der Waals surface area contributed by atoms with Crippen LogP contribution in [-0.2, 0) is 6.54 Å². The number of aryl methyl sites for hydroxylation is 1. The zero-order valence-corrected chi connectivity index (χ0v) is 16.2. The standard InChI is InChI=1S/C19H25N3O2S/c1-12(2)20-18(23)16-11-25-17(21-16)10-22(13(3)4)19(24)15-8-6-14(5)7-9-15/h6-9,11-13H,10H2,1-5H3,(H,20,23). The van der Waals surface area contributed by atoms with Gasteiger partial charge in [0.1, 0.15) is 10.7 Å². The van der Waals surface area contributed by atoms with Gasteiger partial charge >= 0.3 is 0 Å². The van der Waals surface area contributed by atoms with Crippen molar-refractivity contribution in [3.63, 3.8) is 0 Å². The Labute approximate surface area is 153 Å². The Hall–Kier alpha value is -2.21. The molecule has 1 heterocycles. The van der Waals surface area contributed by atoms with Crippen molar-refractivity contribution in [2.75, 3.05) is 0 Å². The van der Waals surface area contributed by atoms with Crippen molar-refractivity contribution in [1.82, 2.24) is 15.2 Å². The predicted octanol–water partition coefficient (Wildman–Crippen LogP) is 3.64. The van der Waals surface area contributed by atoms with Crippen LogP contribution in [0.5, 0.6) is 0 Å². The van der Waals surface area contributed by atoms with E-state index in [1.54, 1.807) is 10.3 Å². The Morgan fingerprint density at radius 1 is 1.16 bits per heavy atom. The summed E-state index contributed by atoms with van der Waals surface area (Å²) in [7, 11) is 0. The predicted molar refractivity (Wildman–Crippen MR) is 101 cm³/mol. The van der Waals surface area contributed by atoms with Crippen molar-refractivity contribution in [3.05, 3.63) is 51.5 Å². The summed E-state index contributed by atoms with van der Waals surface area (Å²) < 4.78 is 0. The third kappa shape index (κ3) is 5.13. The fraction of sp³-hybridized carbons (Fsp3) is 0.421. The molecule has 1 N–H and O–H groups in total. The first-order chi connectivity index (χ1) is 11.8. The normalized spacial score (nSPS) is 11.0. The topological polar surface area (TPSA) is 62.3 Å². The van der Waals surface area contributed by atoms with Crippen LogP contribution in [0.2, 0.25) is 0 Å². The van der Waals surface area contributed by atoms with Crippen LogP contribution in [0.15, 0.2) is 29.6 Å². The number of carbonyl (C=O) groups is 2. The van der Waals surface area contributed by atoms with Gasteiger partial charge in [-0.15, -0.1) is 11.3 Å². The van der Waals surface area contributed by atoms with Crippen molar-refractivity contribution in [3.8, 4) is 0 Å². The fourth-order valence-electron chi connectivity index (χ4n) is 2.32. The maximum absolute atomic E-state index is 12.8. The molecule has 0 saturated heterocycles. The van der Waals surface area contributed by atoms with Crippen LogP contribution in [0.4, 0.5) is 0 Å². The minimum absolute atomic E-state index is 0.0293. The van der Waals surface area contributed by atoms with Crippen LogP contribution in [-0.4, -0.2) is 33.8 Å². The molecule has 134 valence electrons. The van der Waals surface area contributed by atoms with E-state index >= 15 is 0 Å². The third-order valence-corrected chi connectivity index (χ3v) is 4.53. The molecule has 2 aromatic rings. The van der Waals surface area contributed by atoms with E-state index in [1.807, 2.05) is 58.9 Å². The summed E-state index contributed by atoms with van der Waals surface area (Å²) in [6.45, 7) is 10.2. The zero-order valence-electron chi connectivity index (χ0n) is 15.4. The highest BCUT2D eigenvalue weighted by atomic mass is 32.1. The van der Waals surface area contributed by atoms with Gasteiger partial charge in [-0.2, -0.15) is 0 Å². The number of thiazole rings is 1. The van der Waals surface area contributed by atoms with Gasteiger partial charge in [-0.3, -0.25) is 9.59 Å². The Kier molecular flexibility index (Phi) is 6.31. The van der Waals surface area contributed by atoms with Gasteiger partial charge in [0.25, 0.3) is 11.8 Å². The summed E-state index contributed by atoms with van der Waals surface area (Å²) in [4.78, 5) is 31.0. The second-order valence-corrected chi connectivity index (χ2v) is 7.59. The Bertz CT molecular complexity index is 735. The molecule has 0 atom stereocenters. The molecule has 0 radical (unpaired) electrons. The summed E-state index contributed by atoms with van der Waals surface area (Å²) in [6.07, 6.45) is 0. The van der Waals surface area contributed by atoms with E-state index in [9.17, 15) is 9.59 Å². The average Bonchev–Trinajstić information content (AvgIpc) is 3.00. The summed E-state index contributed by atoms with van der Waals surface area (Å²) in [6, 6.07) is 7.65. The first-order valence-corrected chi connectivity index (χ1v) is 9.28. The van der Waals surface area contributed by atoms with Crippen LogP contribution in [0.25, 0.3) is 0 Å². The molecule has 1 aromatic carbocycles. The second kappa shape index (κ2) is 8.25. The summed E-state index contributed by atoms with van der Waals surface area (Å²) in [5.74, 6) is -0.211.